The summed E-state index contributed by atoms with van der Waals surface area (Å²) in [4.78, 5) is 22.3. The molecule has 1 fully saturated rings. The van der Waals surface area contributed by atoms with Crippen molar-refractivity contribution in [3.63, 3.8) is 0 Å². The third kappa shape index (κ3) is 6.23. The maximum Gasteiger partial charge on any atom is 0.306 e. The van der Waals surface area contributed by atoms with Gasteiger partial charge in [0.15, 0.2) is 0 Å². The standard InChI is InChI=1S/C11H20N2O4/c1-16-11(15)2-5-12-8-10(14)13-9-3-6-17-7-4-9/h9,12H,2-8H2,1H3,(H,13,14). The lowest BCUT2D eigenvalue weighted by Gasteiger charge is -2.23. The molecule has 98 valence electrons. The van der Waals surface area contributed by atoms with Gasteiger partial charge in [-0.25, -0.2) is 0 Å². The molecule has 0 aromatic heterocycles. The molecule has 1 rings (SSSR count). The van der Waals surface area contributed by atoms with Gasteiger partial charge in [0.25, 0.3) is 0 Å². The van der Waals surface area contributed by atoms with E-state index < -0.39 is 0 Å². The fraction of sp³-hybridized carbons (Fsp3) is 0.818. The molecule has 0 spiro atoms. The third-order valence-corrected chi connectivity index (χ3v) is 2.61. The van der Waals surface area contributed by atoms with Crippen molar-refractivity contribution in [2.45, 2.75) is 25.3 Å². The largest absolute Gasteiger partial charge is 0.469 e. The predicted molar refractivity (Wildman–Crippen MR) is 61.5 cm³/mol. The number of carbonyl (C=O) groups is 2. The van der Waals surface area contributed by atoms with Crippen LogP contribution in [0, 0.1) is 0 Å². The summed E-state index contributed by atoms with van der Waals surface area (Å²) < 4.78 is 9.69. The molecule has 2 N–H and O–H groups in total. The van der Waals surface area contributed by atoms with Crippen molar-refractivity contribution in [3.8, 4) is 0 Å². The summed E-state index contributed by atoms with van der Waals surface area (Å²) in [6, 6.07) is 0.221. The van der Waals surface area contributed by atoms with Crippen molar-refractivity contribution in [1.29, 1.82) is 0 Å². The molecule has 17 heavy (non-hydrogen) atoms. The topological polar surface area (TPSA) is 76.7 Å². The van der Waals surface area contributed by atoms with Gasteiger partial charge in [0.2, 0.25) is 5.91 Å². The molecule has 1 saturated heterocycles. The highest BCUT2D eigenvalue weighted by Crippen LogP contribution is 2.05. The summed E-state index contributed by atoms with van der Waals surface area (Å²) in [5.74, 6) is -0.316. The van der Waals surface area contributed by atoms with Gasteiger partial charge in [0.05, 0.1) is 20.1 Å². The van der Waals surface area contributed by atoms with Gasteiger partial charge in [0.1, 0.15) is 0 Å². The van der Waals surface area contributed by atoms with E-state index in [0.717, 1.165) is 12.8 Å². The monoisotopic (exact) mass is 244 g/mol. The average molecular weight is 244 g/mol. The van der Waals surface area contributed by atoms with Crippen LogP contribution in [-0.2, 0) is 19.1 Å². The lowest BCUT2D eigenvalue weighted by molar-refractivity contribution is -0.140. The number of hydrogen-bond donors (Lipinski definition) is 2. The van der Waals surface area contributed by atoms with Gasteiger partial charge in [-0.2, -0.15) is 0 Å². The average Bonchev–Trinajstić information content (AvgIpc) is 2.35. The zero-order valence-electron chi connectivity index (χ0n) is 10.2. The first-order chi connectivity index (χ1) is 8.22. The quantitative estimate of drug-likeness (QED) is 0.483. The third-order valence-electron chi connectivity index (χ3n) is 2.61. The molecule has 0 unspecified atom stereocenters. The molecule has 1 amide bonds. The highest BCUT2D eigenvalue weighted by atomic mass is 16.5. The normalized spacial score (nSPS) is 16.5. The van der Waals surface area contributed by atoms with Gasteiger partial charge < -0.3 is 20.1 Å². The van der Waals surface area contributed by atoms with E-state index in [-0.39, 0.29) is 30.9 Å². The minimum absolute atomic E-state index is 0.0400. The Bertz CT molecular complexity index is 252. The van der Waals surface area contributed by atoms with E-state index in [1.807, 2.05) is 0 Å². The van der Waals surface area contributed by atoms with Gasteiger partial charge >= 0.3 is 5.97 Å². The molecule has 0 bridgehead atoms. The first-order valence-corrected chi connectivity index (χ1v) is 5.87. The van der Waals surface area contributed by atoms with Crippen LogP contribution in [0.25, 0.3) is 0 Å². The molecule has 1 aliphatic heterocycles. The number of rotatable bonds is 6. The van der Waals surface area contributed by atoms with Crippen LogP contribution in [0.1, 0.15) is 19.3 Å². The maximum atomic E-state index is 11.5. The first kappa shape index (κ1) is 13.9. The molecule has 0 aromatic carbocycles. The zero-order chi connectivity index (χ0) is 12.5. The predicted octanol–water partition coefficient (Wildman–Crippen LogP) is -0.566. The highest BCUT2D eigenvalue weighted by molar-refractivity contribution is 5.78. The van der Waals surface area contributed by atoms with E-state index in [9.17, 15) is 9.59 Å². The van der Waals surface area contributed by atoms with Crippen LogP contribution < -0.4 is 10.6 Å². The SMILES string of the molecule is COC(=O)CCNCC(=O)NC1CCOCC1. The van der Waals surface area contributed by atoms with Crippen molar-refractivity contribution >= 4 is 11.9 Å². The second-order valence-corrected chi connectivity index (χ2v) is 3.96. The Morgan fingerprint density at radius 1 is 1.35 bits per heavy atom. The molecular formula is C11H20N2O4. The lowest BCUT2D eigenvalue weighted by atomic mass is 10.1. The molecule has 0 aromatic rings. The molecule has 1 heterocycles. The molecule has 6 heteroatoms. The Balaban J connectivity index is 2.02. The van der Waals surface area contributed by atoms with Crippen molar-refractivity contribution in [2.24, 2.45) is 0 Å². The van der Waals surface area contributed by atoms with Crippen LogP contribution in [0.15, 0.2) is 0 Å². The number of hydrogen-bond acceptors (Lipinski definition) is 5. The Morgan fingerprint density at radius 2 is 2.06 bits per heavy atom. The van der Waals surface area contributed by atoms with E-state index in [1.54, 1.807) is 0 Å². The summed E-state index contributed by atoms with van der Waals surface area (Å²) in [5.41, 5.74) is 0. The number of amides is 1. The maximum absolute atomic E-state index is 11.5. The van der Waals surface area contributed by atoms with Gasteiger partial charge in [-0.1, -0.05) is 0 Å². The molecule has 0 atom stereocenters. The van der Waals surface area contributed by atoms with Crippen LogP contribution in [0.4, 0.5) is 0 Å². The molecular weight excluding hydrogens is 224 g/mol. The van der Waals surface area contributed by atoms with E-state index in [2.05, 4.69) is 15.4 Å². The molecule has 6 nitrogen and oxygen atoms in total. The Morgan fingerprint density at radius 3 is 2.71 bits per heavy atom. The molecule has 1 aliphatic rings. The number of nitrogens with one attached hydrogen (secondary N) is 2. The summed E-state index contributed by atoms with van der Waals surface area (Å²) in [6.45, 7) is 2.10. The van der Waals surface area contributed by atoms with Gasteiger partial charge in [0, 0.05) is 25.8 Å². The summed E-state index contributed by atoms with van der Waals surface area (Å²) in [7, 11) is 1.35. The van der Waals surface area contributed by atoms with E-state index in [0.29, 0.717) is 19.8 Å². The molecule has 0 saturated carbocycles. The minimum atomic E-state index is -0.276. The van der Waals surface area contributed by atoms with Gasteiger partial charge in [-0.05, 0) is 12.8 Å². The number of methoxy groups -OCH3 is 1. The van der Waals surface area contributed by atoms with Crippen LogP contribution in [0.5, 0.6) is 0 Å². The van der Waals surface area contributed by atoms with Crippen LogP contribution >= 0.6 is 0 Å². The zero-order valence-corrected chi connectivity index (χ0v) is 10.2. The summed E-state index contributed by atoms with van der Waals surface area (Å²) in [5, 5.41) is 5.82. The highest BCUT2D eigenvalue weighted by Gasteiger charge is 2.15. The van der Waals surface area contributed by atoms with Crippen LogP contribution in [-0.4, -0.2) is 51.3 Å². The molecule has 0 aliphatic carbocycles. The Labute approximate surface area is 101 Å². The molecule has 0 radical (unpaired) electrons. The summed E-state index contributed by atoms with van der Waals surface area (Å²) >= 11 is 0. The number of ether oxygens (including phenoxy) is 2. The van der Waals surface area contributed by atoms with Crippen molar-refractivity contribution in [3.05, 3.63) is 0 Å². The summed E-state index contributed by atoms with van der Waals surface area (Å²) in [6.07, 6.45) is 2.02. The second-order valence-electron chi connectivity index (χ2n) is 3.96. The Hall–Kier alpha value is -1.14. The van der Waals surface area contributed by atoms with Crippen LogP contribution in [0.2, 0.25) is 0 Å². The van der Waals surface area contributed by atoms with E-state index in [4.69, 9.17) is 4.74 Å². The lowest BCUT2D eigenvalue weighted by Crippen LogP contribution is -2.43. The number of esters is 1. The van der Waals surface area contributed by atoms with Crippen molar-refractivity contribution in [2.75, 3.05) is 33.4 Å². The second kappa shape index (κ2) is 8.03. The van der Waals surface area contributed by atoms with Crippen molar-refractivity contribution < 1.29 is 19.1 Å². The smallest absolute Gasteiger partial charge is 0.306 e. The minimum Gasteiger partial charge on any atom is -0.469 e. The van der Waals surface area contributed by atoms with Gasteiger partial charge in [-0.15, -0.1) is 0 Å². The fourth-order valence-electron chi connectivity index (χ4n) is 1.62. The van der Waals surface area contributed by atoms with Gasteiger partial charge in [-0.3, -0.25) is 9.59 Å². The first-order valence-electron chi connectivity index (χ1n) is 5.87. The van der Waals surface area contributed by atoms with E-state index in [1.165, 1.54) is 7.11 Å². The fourth-order valence-corrected chi connectivity index (χ4v) is 1.62. The van der Waals surface area contributed by atoms with Crippen molar-refractivity contribution in [1.82, 2.24) is 10.6 Å². The van der Waals surface area contributed by atoms with E-state index >= 15 is 0 Å². The Kier molecular flexibility index (Phi) is 6.57. The number of carbonyl (C=O) groups excluding carboxylic acids is 2. The van der Waals surface area contributed by atoms with Crippen LogP contribution in [0.3, 0.4) is 0 Å².